The van der Waals surface area contributed by atoms with Gasteiger partial charge in [0.2, 0.25) is 0 Å². The van der Waals surface area contributed by atoms with Crippen LogP contribution in [0.3, 0.4) is 0 Å². The fourth-order valence-corrected chi connectivity index (χ4v) is 1.42. The molecule has 0 fully saturated rings. The van der Waals surface area contributed by atoms with Crippen molar-refractivity contribution < 1.29 is 5.11 Å². The third kappa shape index (κ3) is 8.31. The first kappa shape index (κ1) is 9.31. The summed E-state index contributed by atoms with van der Waals surface area (Å²) in [6.45, 7) is 6.21. The largest absolute Gasteiger partial charge is 0.393 e. The maximum atomic E-state index is 8.84. The highest BCUT2D eigenvalue weighted by atomic mass is 32.2. The Bertz CT molecular complexity index is 53.9. The maximum Gasteiger partial charge on any atom is 0.0602 e. The standard InChI is InChI=1S/C7H16OS/c1-6(2)4-9-5-7(3)8/h6-8H,4-5H2,1-3H3/t7-/m0/s1. The Morgan fingerprint density at radius 3 is 2.11 bits per heavy atom. The number of hydrogen-bond donors (Lipinski definition) is 1. The number of aliphatic hydroxyl groups is 1. The van der Waals surface area contributed by atoms with Crippen molar-refractivity contribution in [3.8, 4) is 0 Å². The van der Waals surface area contributed by atoms with Crippen molar-refractivity contribution in [2.45, 2.75) is 26.9 Å². The highest BCUT2D eigenvalue weighted by molar-refractivity contribution is 7.99. The van der Waals surface area contributed by atoms with E-state index in [-0.39, 0.29) is 6.10 Å². The lowest BCUT2D eigenvalue weighted by Gasteiger charge is -2.05. The average molecular weight is 148 g/mol. The summed E-state index contributed by atoms with van der Waals surface area (Å²) in [7, 11) is 0. The Morgan fingerprint density at radius 2 is 1.78 bits per heavy atom. The van der Waals surface area contributed by atoms with Crippen LogP contribution in [-0.4, -0.2) is 22.7 Å². The van der Waals surface area contributed by atoms with Gasteiger partial charge in [0.25, 0.3) is 0 Å². The van der Waals surface area contributed by atoms with Crippen LogP contribution in [0.15, 0.2) is 0 Å². The number of aliphatic hydroxyl groups excluding tert-OH is 1. The fourth-order valence-electron chi connectivity index (χ4n) is 0.474. The second kappa shape index (κ2) is 5.12. The molecule has 1 atom stereocenters. The summed E-state index contributed by atoms with van der Waals surface area (Å²) in [5, 5.41) is 8.84. The Kier molecular flexibility index (Phi) is 5.30. The molecule has 0 amide bonds. The monoisotopic (exact) mass is 148 g/mol. The van der Waals surface area contributed by atoms with Gasteiger partial charge in [-0.1, -0.05) is 13.8 Å². The summed E-state index contributed by atoms with van der Waals surface area (Å²) >= 11 is 1.82. The molecule has 0 saturated carbocycles. The molecule has 0 aromatic carbocycles. The van der Waals surface area contributed by atoms with Gasteiger partial charge in [0, 0.05) is 5.75 Å². The minimum Gasteiger partial charge on any atom is -0.393 e. The second-order valence-electron chi connectivity index (χ2n) is 2.78. The molecule has 0 rings (SSSR count). The van der Waals surface area contributed by atoms with E-state index in [1.165, 1.54) is 0 Å². The van der Waals surface area contributed by atoms with Gasteiger partial charge in [-0.2, -0.15) is 11.8 Å². The van der Waals surface area contributed by atoms with E-state index in [4.69, 9.17) is 5.11 Å². The number of rotatable bonds is 4. The zero-order valence-corrected chi connectivity index (χ0v) is 7.24. The highest BCUT2D eigenvalue weighted by Gasteiger charge is 1.97. The summed E-state index contributed by atoms with van der Waals surface area (Å²) < 4.78 is 0. The predicted octanol–water partition coefficient (Wildman–Crippen LogP) is 1.76. The normalized spacial score (nSPS) is 14.3. The maximum absolute atomic E-state index is 8.84. The third-order valence-corrected chi connectivity index (χ3v) is 2.43. The predicted molar refractivity (Wildman–Crippen MR) is 43.8 cm³/mol. The quantitative estimate of drug-likeness (QED) is 0.655. The number of thioether (sulfide) groups is 1. The first-order valence-electron chi connectivity index (χ1n) is 3.38. The molecule has 1 N–H and O–H groups in total. The Balaban J connectivity index is 2.91. The van der Waals surface area contributed by atoms with Gasteiger partial charge in [-0.05, 0) is 18.6 Å². The lowest BCUT2D eigenvalue weighted by Crippen LogP contribution is -2.04. The Morgan fingerprint density at radius 1 is 1.22 bits per heavy atom. The van der Waals surface area contributed by atoms with E-state index < -0.39 is 0 Å². The van der Waals surface area contributed by atoms with E-state index in [2.05, 4.69) is 13.8 Å². The molecule has 0 spiro atoms. The van der Waals surface area contributed by atoms with Crippen molar-refractivity contribution in [2.75, 3.05) is 11.5 Å². The molecule has 0 heterocycles. The molecule has 0 aliphatic carbocycles. The minimum absolute atomic E-state index is 0.145. The van der Waals surface area contributed by atoms with E-state index in [1.807, 2.05) is 18.7 Å². The number of hydrogen-bond acceptors (Lipinski definition) is 2. The van der Waals surface area contributed by atoms with Crippen molar-refractivity contribution in [1.29, 1.82) is 0 Å². The highest BCUT2D eigenvalue weighted by Crippen LogP contribution is 2.08. The molecule has 0 aliphatic rings. The zero-order chi connectivity index (χ0) is 7.28. The summed E-state index contributed by atoms with van der Waals surface area (Å²) in [5.41, 5.74) is 0. The minimum atomic E-state index is -0.145. The van der Waals surface area contributed by atoms with Crippen molar-refractivity contribution in [1.82, 2.24) is 0 Å². The first-order valence-corrected chi connectivity index (χ1v) is 4.54. The van der Waals surface area contributed by atoms with E-state index in [1.54, 1.807) is 0 Å². The zero-order valence-electron chi connectivity index (χ0n) is 6.42. The van der Waals surface area contributed by atoms with Crippen LogP contribution in [0.1, 0.15) is 20.8 Å². The van der Waals surface area contributed by atoms with Crippen LogP contribution in [0, 0.1) is 5.92 Å². The van der Waals surface area contributed by atoms with Crippen molar-refractivity contribution >= 4 is 11.8 Å². The molecule has 0 bridgehead atoms. The summed E-state index contributed by atoms with van der Waals surface area (Å²) in [6.07, 6.45) is -0.145. The van der Waals surface area contributed by atoms with E-state index in [0.29, 0.717) is 0 Å². The molecule has 0 radical (unpaired) electrons. The van der Waals surface area contributed by atoms with Gasteiger partial charge in [0.05, 0.1) is 6.10 Å². The first-order chi connectivity index (χ1) is 4.13. The summed E-state index contributed by atoms with van der Waals surface area (Å²) in [6, 6.07) is 0. The molecular weight excluding hydrogens is 132 g/mol. The van der Waals surface area contributed by atoms with Gasteiger partial charge in [-0.15, -0.1) is 0 Å². The van der Waals surface area contributed by atoms with Crippen LogP contribution < -0.4 is 0 Å². The van der Waals surface area contributed by atoms with Gasteiger partial charge in [0.1, 0.15) is 0 Å². The average Bonchev–Trinajstić information content (AvgIpc) is 1.63. The topological polar surface area (TPSA) is 20.2 Å². The van der Waals surface area contributed by atoms with Crippen molar-refractivity contribution in [2.24, 2.45) is 5.92 Å². The molecule has 9 heavy (non-hydrogen) atoms. The molecule has 1 nitrogen and oxygen atoms in total. The van der Waals surface area contributed by atoms with Crippen LogP contribution in [0.5, 0.6) is 0 Å². The molecule has 0 unspecified atom stereocenters. The summed E-state index contributed by atoms with van der Waals surface area (Å²) in [4.78, 5) is 0. The van der Waals surface area contributed by atoms with Crippen LogP contribution >= 0.6 is 11.8 Å². The third-order valence-electron chi connectivity index (χ3n) is 0.810. The second-order valence-corrected chi connectivity index (χ2v) is 3.86. The molecular formula is C7H16OS. The molecule has 0 aromatic heterocycles. The van der Waals surface area contributed by atoms with Gasteiger partial charge in [-0.3, -0.25) is 0 Å². The molecule has 2 heteroatoms. The van der Waals surface area contributed by atoms with Gasteiger partial charge < -0.3 is 5.11 Å². The fraction of sp³-hybridized carbons (Fsp3) is 1.00. The molecule has 0 aliphatic heterocycles. The van der Waals surface area contributed by atoms with Gasteiger partial charge >= 0.3 is 0 Å². The molecule has 56 valence electrons. The lowest BCUT2D eigenvalue weighted by molar-refractivity contribution is 0.220. The molecule has 0 saturated heterocycles. The smallest absolute Gasteiger partial charge is 0.0602 e. The van der Waals surface area contributed by atoms with Crippen LogP contribution in [0.2, 0.25) is 0 Å². The van der Waals surface area contributed by atoms with Gasteiger partial charge in [0.15, 0.2) is 0 Å². The van der Waals surface area contributed by atoms with Crippen molar-refractivity contribution in [3.63, 3.8) is 0 Å². The van der Waals surface area contributed by atoms with Crippen molar-refractivity contribution in [3.05, 3.63) is 0 Å². The Hall–Kier alpha value is 0.310. The van der Waals surface area contributed by atoms with Gasteiger partial charge in [-0.25, -0.2) is 0 Å². The Labute approximate surface area is 61.8 Å². The van der Waals surface area contributed by atoms with Crippen LogP contribution in [0.4, 0.5) is 0 Å². The van der Waals surface area contributed by atoms with Crippen LogP contribution in [-0.2, 0) is 0 Å². The lowest BCUT2D eigenvalue weighted by atomic mass is 10.3. The SMILES string of the molecule is CC(C)CSC[C@H](C)O. The van der Waals surface area contributed by atoms with Crippen LogP contribution in [0.25, 0.3) is 0 Å². The van der Waals surface area contributed by atoms with E-state index in [9.17, 15) is 0 Å². The van der Waals surface area contributed by atoms with E-state index >= 15 is 0 Å². The van der Waals surface area contributed by atoms with E-state index in [0.717, 1.165) is 17.4 Å². The molecule has 0 aromatic rings. The summed E-state index contributed by atoms with van der Waals surface area (Å²) in [5.74, 6) is 2.78.